The second-order valence-electron chi connectivity index (χ2n) is 6.15. The summed E-state index contributed by atoms with van der Waals surface area (Å²) in [4.78, 5) is 6.51. The summed E-state index contributed by atoms with van der Waals surface area (Å²) in [6.07, 6.45) is 2.72. The second-order valence-corrected chi connectivity index (χ2v) is 6.56. The van der Waals surface area contributed by atoms with Crippen LogP contribution in [0.2, 0.25) is 5.02 Å². The zero-order valence-electron chi connectivity index (χ0n) is 14.7. The van der Waals surface area contributed by atoms with Crippen LogP contribution in [-0.2, 0) is 6.42 Å². The third-order valence-corrected chi connectivity index (χ3v) is 4.48. The summed E-state index contributed by atoms with van der Waals surface area (Å²) in [6.45, 7) is 9.42. The minimum absolute atomic E-state index is 0.705. The van der Waals surface area contributed by atoms with Crippen molar-refractivity contribution >= 4 is 23.6 Å². The molecule has 0 N–H and O–H groups in total. The number of halogens is 1. The standard InChI is InChI=1S/C20H25ClN2/c1-6-23(5)13-22-20-10-16(4)18(12-19(20)21)11-17-8-7-14(2)9-15(17)3/h7-10,12-13H,6,11H2,1-5H3. The van der Waals surface area contributed by atoms with Gasteiger partial charge >= 0.3 is 0 Å². The van der Waals surface area contributed by atoms with Crippen molar-refractivity contribution in [3.63, 3.8) is 0 Å². The minimum Gasteiger partial charge on any atom is -0.366 e. The van der Waals surface area contributed by atoms with Gasteiger partial charge in [-0.05, 0) is 68.5 Å². The molecule has 0 amide bonds. The average Bonchev–Trinajstić information content (AvgIpc) is 2.51. The molecule has 23 heavy (non-hydrogen) atoms. The molecular weight excluding hydrogens is 304 g/mol. The molecule has 0 aliphatic rings. The fourth-order valence-electron chi connectivity index (χ4n) is 2.49. The van der Waals surface area contributed by atoms with Crippen molar-refractivity contribution in [1.82, 2.24) is 4.90 Å². The van der Waals surface area contributed by atoms with Crippen molar-refractivity contribution in [3.8, 4) is 0 Å². The molecule has 0 saturated heterocycles. The quantitative estimate of drug-likeness (QED) is 0.525. The zero-order chi connectivity index (χ0) is 17.0. The van der Waals surface area contributed by atoms with Gasteiger partial charge < -0.3 is 4.90 Å². The number of aryl methyl sites for hydroxylation is 3. The summed E-state index contributed by atoms with van der Waals surface area (Å²) in [5.74, 6) is 0. The van der Waals surface area contributed by atoms with Gasteiger partial charge in [0.1, 0.15) is 0 Å². The van der Waals surface area contributed by atoms with Crippen LogP contribution in [0.15, 0.2) is 35.3 Å². The highest BCUT2D eigenvalue weighted by molar-refractivity contribution is 6.33. The Kier molecular flexibility index (Phi) is 5.84. The van der Waals surface area contributed by atoms with E-state index in [-0.39, 0.29) is 0 Å². The van der Waals surface area contributed by atoms with Crippen molar-refractivity contribution in [2.75, 3.05) is 13.6 Å². The number of aliphatic imine (C=N–C) groups is 1. The van der Waals surface area contributed by atoms with E-state index >= 15 is 0 Å². The highest BCUT2D eigenvalue weighted by atomic mass is 35.5. The third-order valence-electron chi connectivity index (χ3n) is 4.18. The number of hydrogen-bond acceptors (Lipinski definition) is 1. The van der Waals surface area contributed by atoms with E-state index in [1.807, 2.05) is 18.3 Å². The Bertz CT molecular complexity index is 720. The molecule has 2 rings (SSSR count). The molecule has 0 atom stereocenters. The number of hydrogen-bond donors (Lipinski definition) is 0. The van der Waals surface area contributed by atoms with Crippen LogP contribution in [0.1, 0.15) is 34.7 Å². The zero-order valence-corrected chi connectivity index (χ0v) is 15.4. The van der Waals surface area contributed by atoms with Gasteiger partial charge in [-0.25, -0.2) is 4.99 Å². The third kappa shape index (κ3) is 4.59. The molecule has 0 bridgehead atoms. The van der Waals surface area contributed by atoms with E-state index in [4.69, 9.17) is 11.6 Å². The van der Waals surface area contributed by atoms with E-state index in [2.05, 4.69) is 63.0 Å². The Morgan fingerprint density at radius 3 is 2.39 bits per heavy atom. The lowest BCUT2D eigenvalue weighted by molar-refractivity contribution is 0.552. The van der Waals surface area contributed by atoms with Gasteiger partial charge in [-0.2, -0.15) is 0 Å². The van der Waals surface area contributed by atoms with Crippen LogP contribution in [0.4, 0.5) is 5.69 Å². The maximum atomic E-state index is 6.43. The van der Waals surface area contributed by atoms with Crippen LogP contribution in [0.25, 0.3) is 0 Å². The van der Waals surface area contributed by atoms with Gasteiger partial charge in [-0.15, -0.1) is 0 Å². The Morgan fingerprint density at radius 1 is 1.04 bits per heavy atom. The number of nitrogens with zero attached hydrogens (tertiary/aromatic N) is 2. The average molecular weight is 329 g/mol. The van der Waals surface area contributed by atoms with Gasteiger partial charge in [-0.1, -0.05) is 35.4 Å². The summed E-state index contributed by atoms with van der Waals surface area (Å²) < 4.78 is 0. The predicted octanol–water partition coefficient (Wildman–Crippen LogP) is 5.47. The van der Waals surface area contributed by atoms with Crippen molar-refractivity contribution in [3.05, 3.63) is 63.2 Å². The first-order valence-electron chi connectivity index (χ1n) is 8.00. The normalized spacial score (nSPS) is 11.2. The largest absolute Gasteiger partial charge is 0.366 e. The lowest BCUT2D eigenvalue weighted by Crippen LogP contribution is -2.14. The van der Waals surface area contributed by atoms with Crippen LogP contribution in [0.3, 0.4) is 0 Å². The molecular formula is C20H25ClN2. The molecule has 0 heterocycles. The van der Waals surface area contributed by atoms with Gasteiger partial charge in [0, 0.05) is 13.6 Å². The highest BCUT2D eigenvalue weighted by Crippen LogP contribution is 2.30. The SMILES string of the molecule is CCN(C)C=Nc1cc(C)c(Cc2ccc(C)cc2C)cc1Cl. The van der Waals surface area contributed by atoms with Gasteiger partial charge in [-0.3, -0.25) is 0 Å². The fraction of sp³-hybridized carbons (Fsp3) is 0.350. The van der Waals surface area contributed by atoms with Gasteiger partial charge in [0.25, 0.3) is 0 Å². The molecule has 2 nitrogen and oxygen atoms in total. The van der Waals surface area contributed by atoms with E-state index in [1.54, 1.807) is 0 Å². The molecule has 3 heteroatoms. The molecule has 2 aromatic carbocycles. The first-order chi connectivity index (χ1) is 10.9. The van der Waals surface area contributed by atoms with Crippen LogP contribution >= 0.6 is 11.6 Å². The summed E-state index contributed by atoms with van der Waals surface area (Å²) in [6, 6.07) is 10.7. The molecule has 0 unspecified atom stereocenters. The Hall–Kier alpha value is -1.80. The lowest BCUT2D eigenvalue weighted by atomic mass is 9.96. The Labute approximate surface area is 144 Å². The van der Waals surface area contributed by atoms with Crippen molar-refractivity contribution in [1.29, 1.82) is 0 Å². The first-order valence-corrected chi connectivity index (χ1v) is 8.38. The molecule has 0 aliphatic carbocycles. The van der Waals surface area contributed by atoms with Crippen molar-refractivity contribution in [2.45, 2.75) is 34.1 Å². The maximum absolute atomic E-state index is 6.43. The van der Waals surface area contributed by atoms with Crippen LogP contribution in [0.5, 0.6) is 0 Å². The van der Waals surface area contributed by atoms with Crippen molar-refractivity contribution < 1.29 is 0 Å². The Balaban J connectivity index is 2.27. The molecule has 2 aromatic rings. The van der Waals surface area contributed by atoms with Crippen LogP contribution in [0, 0.1) is 20.8 Å². The molecule has 0 aliphatic heterocycles. The number of rotatable bonds is 5. The topological polar surface area (TPSA) is 15.6 Å². The van der Waals surface area contributed by atoms with Gasteiger partial charge in [0.05, 0.1) is 17.0 Å². The van der Waals surface area contributed by atoms with E-state index in [9.17, 15) is 0 Å². The smallest absolute Gasteiger partial charge is 0.0910 e. The van der Waals surface area contributed by atoms with E-state index in [1.165, 1.54) is 27.8 Å². The minimum atomic E-state index is 0.705. The van der Waals surface area contributed by atoms with Crippen molar-refractivity contribution in [2.24, 2.45) is 4.99 Å². The fourth-order valence-corrected chi connectivity index (χ4v) is 2.72. The summed E-state index contributed by atoms with van der Waals surface area (Å²) in [7, 11) is 2.00. The second kappa shape index (κ2) is 7.65. The van der Waals surface area contributed by atoms with E-state index in [0.29, 0.717) is 5.02 Å². The Morgan fingerprint density at radius 2 is 1.74 bits per heavy atom. The molecule has 0 radical (unpaired) electrons. The van der Waals surface area contributed by atoms with Crippen LogP contribution < -0.4 is 0 Å². The molecule has 122 valence electrons. The van der Waals surface area contributed by atoms with Crippen LogP contribution in [-0.4, -0.2) is 24.8 Å². The maximum Gasteiger partial charge on any atom is 0.0910 e. The van der Waals surface area contributed by atoms with Gasteiger partial charge in [0.2, 0.25) is 0 Å². The molecule has 0 aromatic heterocycles. The van der Waals surface area contributed by atoms with E-state index < -0.39 is 0 Å². The van der Waals surface area contributed by atoms with Gasteiger partial charge in [0.15, 0.2) is 0 Å². The predicted molar refractivity (Wildman–Crippen MR) is 101 cm³/mol. The summed E-state index contributed by atoms with van der Waals surface area (Å²) in [5.41, 5.74) is 7.27. The number of benzene rings is 2. The van der Waals surface area contributed by atoms with E-state index in [0.717, 1.165) is 18.7 Å². The highest BCUT2D eigenvalue weighted by Gasteiger charge is 2.08. The summed E-state index contributed by atoms with van der Waals surface area (Å²) >= 11 is 6.43. The monoisotopic (exact) mass is 328 g/mol. The molecule has 0 fully saturated rings. The lowest BCUT2D eigenvalue weighted by Gasteiger charge is -2.12. The first kappa shape index (κ1) is 17.6. The molecule has 0 spiro atoms. The molecule has 0 saturated carbocycles. The summed E-state index contributed by atoms with van der Waals surface area (Å²) in [5, 5.41) is 0.705.